The third kappa shape index (κ3) is 3.20. The van der Waals surface area contributed by atoms with Crippen LogP contribution in [0.2, 0.25) is 10.0 Å². The topological polar surface area (TPSA) is 66.4 Å². The lowest BCUT2D eigenvalue weighted by atomic mass is 10.3. The number of aromatic hydroxyl groups is 1. The van der Waals surface area contributed by atoms with Gasteiger partial charge in [0.05, 0.1) is 15.7 Å². The van der Waals surface area contributed by atoms with Crippen molar-refractivity contribution in [1.82, 2.24) is 0 Å². The number of phenolic OH excluding ortho intramolecular Hbond substituents is 1. The Bertz CT molecular complexity index is 742. The van der Waals surface area contributed by atoms with Crippen molar-refractivity contribution >= 4 is 54.8 Å². The molecule has 0 bridgehead atoms. The van der Waals surface area contributed by atoms with Crippen LogP contribution in [0.4, 0.5) is 5.69 Å². The minimum absolute atomic E-state index is 0.0554. The van der Waals surface area contributed by atoms with Crippen molar-refractivity contribution < 1.29 is 13.5 Å². The SMILES string of the molecule is O=S(=O)(Nc1c(Cl)cc(Br)cc1Cl)c1ccccc1O. The van der Waals surface area contributed by atoms with Crippen molar-refractivity contribution in [1.29, 1.82) is 0 Å². The fraction of sp³-hybridized carbons (Fsp3) is 0. The average molecular weight is 397 g/mol. The van der Waals surface area contributed by atoms with E-state index in [1.165, 1.54) is 36.4 Å². The second-order valence-corrected chi connectivity index (χ2v) is 7.20. The predicted octanol–water partition coefficient (Wildman–Crippen LogP) is 4.26. The molecule has 4 nitrogen and oxygen atoms in total. The Labute approximate surface area is 134 Å². The normalized spacial score (nSPS) is 11.3. The lowest BCUT2D eigenvalue weighted by molar-refractivity contribution is 0.459. The molecule has 0 aliphatic heterocycles. The summed E-state index contributed by atoms with van der Waals surface area (Å²) >= 11 is 15.1. The first-order chi connectivity index (χ1) is 9.31. The number of hydrogen-bond acceptors (Lipinski definition) is 3. The number of sulfonamides is 1. The summed E-state index contributed by atoms with van der Waals surface area (Å²) in [5.74, 6) is -0.357. The molecule has 20 heavy (non-hydrogen) atoms. The predicted molar refractivity (Wildman–Crippen MR) is 83.1 cm³/mol. The fourth-order valence-corrected chi connectivity index (χ4v) is 4.13. The number of para-hydroxylation sites is 1. The molecule has 0 fully saturated rings. The highest BCUT2D eigenvalue weighted by atomic mass is 79.9. The Hall–Kier alpha value is -0.950. The smallest absolute Gasteiger partial charge is 0.265 e. The van der Waals surface area contributed by atoms with Crippen LogP contribution in [-0.2, 0) is 10.0 Å². The van der Waals surface area contributed by atoms with E-state index in [9.17, 15) is 13.5 Å². The second-order valence-electron chi connectivity index (χ2n) is 3.82. The van der Waals surface area contributed by atoms with Crippen molar-refractivity contribution in [3.05, 3.63) is 50.9 Å². The molecule has 2 N–H and O–H groups in total. The summed E-state index contributed by atoms with van der Waals surface area (Å²) in [5.41, 5.74) is 0.0554. The standard InChI is InChI=1S/C12H8BrCl2NO3S/c13-7-5-8(14)12(9(15)6-7)16-20(18,19)11-4-2-1-3-10(11)17/h1-6,16-17H. The molecule has 0 radical (unpaired) electrons. The number of hydrogen-bond donors (Lipinski definition) is 2. The van der Waals surface area contributed by atoms with Gasteiger partial charge in [-0.3, -0.25) is 4.72 Å². The summed E-state index contributed by atoms with van der Waals surface area (Å²) in [7, 11) is -3.99. The molecule has 0 heterocycles. The van der Waals surface area contributed by atoms with E-state index in [1.807, 2.05) is 0 Å². The van der Waals surface area contributed by atoms with Gasteiger partial charge in [0.1, 0.15) is 10.6 Å². The lowest BCUT2D eigenvalue weighted by Crippen LogP contribution is -2.13. The van der Waals surface area contributed by atoms with Crippen LogP contribution in [0.15, 0.2) is 45.8 Å². The molecule has 0 amide bonds. The maximum absolute atomic E-state index is 12.2. The number of benzene rings is 2. The van der Waals surface area contributed by atoms with E-state index in [0.29, 0.717) is 4.47 Å². The first-order valence-corrected chi connectivity index (χ1v) is 8.30. The number of halogens is 3. The van der Waals surface area contributed by atoms with E-state index in [1.54, 1.807) is 0 Å². The van der Waals surface area contributed by atoms with Gasteiger partial charge in [-0.05, 0) is 24.3 Å². The van der Waals surface area contributed by atoms with Gasteiger partial charge in [-0.25, -0.2) is 8.42 Å². The molecule has 2 aromatic rings. The van der Waals surface area contributed by atoms with Gasteiger partial charge in [0.25, 0.3) is 10.0 Å². The van der Waals surface area contributed by atoms with Gasteiger partial charge in [-0.15, -0.1) is 0 Å². The minimum atomic E-state index is -3.99. The van der Waals surface area contributed by atoms with Crippen LogP contribution in [0.1, 0.15) is 0 Å². The molecule has 0 aliphatic rings. The van der Waals surface area contributed by atoms with E-state index >= 15 is 0 Å². The van der Waals surface area contributed by atoms with Gasteiger partial charge < -0.3 is 5.11 Å². The Morgan fingerprint density at radius 2 is 1.65 bits per heavy atom. The largest absolute Gasteiger partial charge is 0.507 e. The minimum Gasteiger partial charge on any atom is -0.507 e. The Kier molecular flexibility index (Phi) is 4.49. The zero-order chi connectivity index (χ0) is 14.9. The fourth-order valence-electron chi connectivity index (χ4n) is 1.51. The maximum atomic E-state index is 12.2. The molecule has 0 unspecified atom stereocenters. The van der Waals surface area contributed by atoms with E-state index in [-0.39, 0.29) is 26.4 Å². The Balaban J connectivity index is 2.47. The highest BCUT2D eigenvalue weighted by Crippen LogP contribution is 2.36. The number of phenols is 1. The molecule has 8 heteroatoms. The van der Waals surface area contributed by atoms with Gasteiger partial charge in [0, 0.05) is 4.47 Å². The summed E-state index contributed by atoms with van der Waals surface area (Å²) < 4.78 is 27.3. The van der Waals surface area contributed by atoms with Crippen LogP contribution >= 0.6 is 39.1 Å². The summed E-state index contributed by atoms with van der Waals surface area (Å²) in [6.45, 7) is 0. The molecule has 106 valence electrons. The van der Waals surface area contributed by atoms with Gasteiger partial charge in [-0.1, -0.05) is 51.3 Å². The van der Waals surface area contributed by atoms with Crippen LogP contribution in [0, 0.1) is 0 Å². The van der Waals surface area contributed by atoms with Gasteiger partial charge in [0.2, 0.25) is 0 Å². The first kappa shape index (κ1) is 15.4. The van der Waals surface area contributed by atoms with Crippen molar-refractivity contribution in [2.75, 3.05) is 4.72 Å². The van der Waals surface area contributed by atoms with E-state index in [0.717, 1.165) is 0 Å². The van der Waals surface area contributed by atoms with E-state index in [2.05, 4.69) is 20.7 Å². The summed E-state index contributed by atoms with van der Waals surface area (Å²) in [4.78, 5) is -0.255. The molecule has 2 rings (SSSR count). The van der Waals surface area contributed by atoms with Crippen molar-refractivity contribution in [2.45, 2.75) is 4.90 Å². The monoisotopic (exact) mass is 395 g/mol. The van der Waals surface area contributed by atoms with Crippen molar-refractivity contribution in [3.8, 4) is 5.75 Å². The van der Waals surface area contributed by atoms with Gasteiger partial charge in [-0.2, -0.15) is 0 Å². The van der Waals surface area contributed by atoms with E-state index in [4.69, 9.17) is 23.2 Å². The lowest BCUT2D eigenvalue weighted by Gasteiger charge is -2.12. The molecule has 2 aromatic carbocycles. The highest BCUT2D eigenvalue weighted by Gasteiger charge is 2.21. The van der Waals surface area contributed by atoms with Crippen LogP contribution in [0.3, 0.4) is 0 Å². The molecular formula is C12H8BrCl2NO3S. The number of nitrogens with one attached hydrogen (secondary N) is 1. The maximum Gasteiger partial charge on any atom is 0.265 e. The molecule has 0 saturated heterocycles. The summed E-state index contributed by atoms with van der Waals surface area (Å²) in [6.07, 6.45) is 0. The summed E-state index contributed by atoms with van der Waals surface area (Å²) in [5, 5.41) is 9.90. The summed E-state index contributed by atoms with van der Waals surface area (Å²) in [6, 6.07) is 8.59. The third-order valence-electron chi connectivity index (χ3n) is 2.40. The molecular weight excluding hydrogens is 389 g/mol. The van der Waals surface area contributed by atoms with Gasteiger partial charge >= 0.3 is 0 Å². The molecule has 0 saturated carbocycles. The number of rotatable bonds is 3. The van der Waals surface area contributed by atoms with Crippen LogP contribution < -0.4 is 4.72 Å². The number of anilines is 1. The second kappa shape index (κ2) is 5.81. The first-order valence-electron chi connectivity index (χ1n) is 5.26. The molecule has 0 aliphatic carbocycles. The third-order valence-corrected chi connectivity index (χ3v) is 4.85. The molecule has 0 spiro atoms. The zero-order valence-corrected chi connectivity index (χ0v) is 13.7. The molecule has 0 atom stereocenters. The quantitative estimate of drug-likeness (QED) is 0.814. The molecule has 0 aromatic heterocycles. The van der Waals surface area contributed by atoms with Crippen LogP contribution in [-0.4, -0.2) is 13.5 Å². The van der Waals surface area contributed by atoms with Gasteiger partial charge in [0.15, 0.2) is 0 Å². The zero-order valence-electron chi connectivity index (χ0n) is 9.77. The highest BCUT2D eigenvalue weighted by molar-refractivity contribution is 9.10. The Morgan fingerprint density at radius 1 is 1.10 bits per heavy atom. The average Bonchev–Trinajstić information content (AvgIpc) is 2.34. The Morgan fingerprint density at radius 3 is 2.20 bits per heavy atom. The van der Waals surface area contributed by atoms with Crippen molar-refractivity contribution in [3.63, 3.8) is 0 Å². The van der Waals surface area contributed by atoms with Crippen molar-refractivity contribution in [2.24, 2.45) is 0 Å². The van der Waals surface area contributed by atoms with E-state index < -0.39 is 10.0 Å². The van der Waals surface area contributed by atoms with Crippen LogP contribution in [0.25, 0.3) is 0 Å². The van der Waals surface area contributed by atoms with Crippen LogP contribution in [0.5, 0.6) is 5.75 Å².